The maximum Gasteiger partial charge on any atom is 0.291 e. The Morgan fingerprint density at radius 2 is 1.84 bits per heavy atom. The Balaban J connectivity index is 1.61. The Hall–Kier alpha value is -2.50. The normalized spacial score (nSPS) is 10.5. The Bertz CT molecular complexity index is 894. The zero-order valence-corrected chi connectivity index (χ0v) is 14.3. The van der Waals surface area contributed by atoms with E-state index in [1.807, 2.05) is 0 Å². The fourth-order valence-electron chi connectivity index (χ4n) is 2.04. The summed E-state index contributed by atoms with van der Waals surface area (Å²) in [6, 6.07) is 13.5. The molecule has 0 radical (unpaired) electrons. The van der Waals surface area contributed by atoms with E-state index in [1.165, 1.54) is 30.3 Å². The molecule has 0 aliphatic carbocycles. The van der Waals surface area contributed by atoms with Crippen LogP contribution in [0.4, 0.5) is 10.1 Å². The van der Waals surface area contributed by atoms with Crippen LogP contribution < -0.4 is 10.1 Å². The predicted molar refractivity (Wildman–Crippen MR) is 93.9 cm³/mol. The summed E-state index contributed by atoms with van der Waals surface area (Å²) in [5, 5.41) is 3.50. The molecule has 0 bridgehead atoms. The molecule has 128 valence electrons. The molecule has 3 rings (SSSR count). The van der Waals surface area contributed by atoms with Gasteiger partial charge in [0.1, 0.15) is 23.9 Å². The smallest absolute Gasteiger partial charge is 0.291 e. The van der Waals surface area contributed by atoms with Crippen molar-refractivity contribution in [3.63, 3.8) is 0 Å². The van der Waals surface area contributed by atoms with Gasteiger partial charge in [-0.05, 0) is 54.6 Å². The molecule has 0 saturated carbocycles. The monoisotopic (exact) mass is 379 g/mol. The molecule has 1 N–H and O–H groups in total. The molecule has 0 saturated heterocycles. The van der Waals surface area contributed by atoms with Gasteiger partial charge in [0.25, 0.3) is 5.91 Å². The molecule has 0 atom stereocenters. The van der Waals surface area contributed by atoms with E-state index in [0.717, 1.165) is 0 Å². The van der Waals surface area contributed by atoms with Crippen LogP contribution in [0, 0.1) is 5.82 Å². The Kier molecular flexibility index (Phi) is 5.26. The Morgan fingerprint density at radius 3 is 2.56 bits per heavy atom. The van der Waals surface area contributed by atoms with Crippen LogP contribution in [-0.2, 0) is 6.61 Å². The highest BCUT2D eigenvalue weighted by molar-refractivity contribution is 6.35. The number of hydrogen-bond donors (Lipinski definition) is 1. The van der Waals surface area contributed by atoms with Crippen molar-refractivity contribution >= 4 is 34.8 Å². The highest BCUT2D eigenvalue weighted by Crippen LogP contribution is 2.28. The van der Waals surface area contributed by atoms with Crippen molar-refractivity contribution in [2.24, 2.45) is 0 Å². The fourth-order valence-corrected chi connectivity index (χ4v) is 2.51. The third kappa shape index (κ3) is 4.53. The topological polar surface area (TPSA) is 51.5 Å². The van der Waals surface area contributed by atoms with Gasteiger partial charge in [0.05, 0.1) is 5.02 Å². The van der Waals surface area contributed by atoms with E-state index >= 15 is 0 Å². The highest BCUT2D eigenvalue weighted by Gasteiger charge is 2.12. The lowest BCUT2D eigenvalue weighted by Gasteiger charge is -2.06. The van der Waals surface area contributed by atoms with Gasteiger partial charge in [-0.25, -0.2) is 4.39 Å². The summed E-state index contributed by atoms with van der Waals surface area (Å²) >= 11 is 11.8. The largest absolute Gasteiger partial charge is 0.484 e. The van der Waals surface area contributed by atoms with E-state index in [9.17, 15) is 9.18 Å². The maximum atomic E-state index is 12.9. The Labute approximate surface area is 153 Å². The van der Waals surface area contributed by atoms with Crippen LogP contribution in [-0.4, -0.2) is 5.91 Å². The Morgan fingerprint density at radius 1 is 1.08 bits per heavy atom. The minimum absolute atomic E-state index is 0.102. The molecule has 1 aromatic heterocycles. The fraction of sp³-hybridized carbons (Fsp3) is 0.0556. The third-order valence-corrected chi connectivity index (χ3v) is 3.78. The van der Waals surface area contributed by atoms with E-state index in [2.05, 4.69) is 5.32 Å². The van der Waals surface area contributed by atoms with Gasteiger partial charge in [0.2, 0.25) is 0 Å². The first kappa shape index (κ1) is 17.3. The van der Waals surface area contributed by atoms with Gasteiger partial charge in [-0.1, -0.05) is 23.2 Å². The molecule has 2 aromatic carbocycles. The molecule has 0 aliphatic heterocycles. The number of benzene rings is 2. The summed E-state index contributed by atoms with van der Waals surface area (Å²) in [5.41, 5.74) is 0.466. The second-order valence-corrected chi connectivity index (χ2v) is 5.93. The summed E-state index contributed by atoms with van der Waals surface area (Å²) in [4.78, 5) is 12.1. The molecular weight excluding hydrogens is 368 g/mol. The number of rotatable bonds is 5. The number of furan rings is 1. The van der Waals surface area contributed by atoms with Gasteiger partial charge in [0.15, 0.2) is 5.76 Å². The number of carbonyl (C=O) groups is 1. The molecule has 1 amide bonds. The number of nitrogens with one attached hydrogen (secondary N) is 1. The van der Waals surface area contributed by atoms with E-state index in [-0.39, 0.29) is 18.2 Å². The summed E-state index contributed by atoms with van der Waals surface area (Å²) in [5.74, 6) is 0.207. The van der Waals surface area contributed by atoms with Crippen molar-refractivity contribution in [2.45, 2.75) is 6.61 Å². The number of anilines is 1. The molecule has 0 spiro atoms. The number of halogens is 3. The van der Waals surface area contributed by atoms with E-state index in [1.54, 1.807) is 24.3 Å². The average Bonchev–Trinajstić information content (AvgIpc) is 3.05. The van der Waals surface area contributed by atoms with Gasteiger partial charge in [-0.3, -0.25) is 4.79 Å². The van der Waals surface area contributed by atoms with E-state index in [4.69, 9.17) is 32.4 Å². The van der Waals surface area contributed by atoms with Crippen LogP contribution in [0.25, 0.3) is 0 Å². The van der Waals surface area contributed by atoms with Crippen LogP contribution in [0.3, 0.4) is 0 Å². The quantitative estimate of drug-likeness (QED) is 0.631. The summed E-state index contributed by atoms with van der Waals surface area (Å²) in [7, 11) is 0. The third-order valence-electron chi connectivity index (χ3n) is 3.25. The predicted octanol–water partition coefficient (Wildman–Crippen LogP) is 5.56. The number of ether oxygens (including phenoxy) is 1. The first-order valence-electron chi connectivity index (χ1n) is 7.25. The van der Waals surface area contributed by atoms with Gasteiger partial charge in [0, 0.05) is 10.7 Å². The molecule has 0 unspecified atom stereocenters. The lowest BCUT2D eigenvalue weighted by atomic mass is 10.3. The molecule has 0 aliphatic rings. The van der Waals surface area contributed by atoms with E-state index < -0.39 is 5.91 Å². The summed E-state index contributed by atoms with van der Waals surface area (Å²) < 4.78 is 23.9. The maximum absolute atomic E-state index is 12.9. The molecule has 7 heteroatoms. The minimum atomic E-state index is -0.442. The molecule has 0 fully saturated rings. The lowest BCUT2D eigenvalue weighted by molar-refractivity contribution is 0.0992. The molecule has 3 aromatic rings. The van der Waals surface area contributed by atoms with Crippen molar-refractivity contribution in [3.8, 4) is 5.75 Å². The number of amides is 1. The standard InChI is InChI=1S/C18H12Cl2FNO3/c19-11-1-7-16(15(20)9-11)24-10-14-6-8-17(25-14)18(23)22-13-4-2-12(21)3-5-13/h1-9H,10H2,(H,22,23). The van der Waals surface area contributed by atoms with Crippen molar-refractivity contribution in [3.05, 3.63) is 82.0 Å². The molecule has 25 heavy (non-hydrogen) atoms. The van der Waals surface area contributed by atoms with Crippen LogP contribution in [0.1, 0.15) is 16.3 Å². The van der Waals surface area contributed by atoms with Crippen molar-refractivity contribution in [2.75, 3.05) is 5.32 Å². The number of hydrogen-bond acceptors (Lipinski definition) is 3. The van der Waals surface area contributed by atoms with Crippen LogP contribution in [0.5, 0.6) is 5.75 Å². The van der Waals surface area contributed by atoms with E-state index in [0.29, 0.717) is 27.2 Å². The van der Waals surface area contributed by atoms with Crippen molar-refractivity contribution < 1.29 is 18.3 Å². The van der Waals surface area contributed by atoms with Crippen LogP contribution in [0.2, 0.25) is 10.0 Å². The summed E-state index contributed by atoms with van der Waals surface area (Å²) in [6.07, 6.45) is 0. The van der Waals surface area contributed by atoms with Crippen LogP contribution in [0.15, 0.2) is 59.0 Å². The van der Waals surface area contributed by atoms with Crippen molar-refractivity contribution in [1.29, 1.82) is 0 Å². The highest BCUT2D eigenvalue weighted by atomic mass is 35.5. The summed E-state index contributed by atoms with van der Waals surface area (Å²) in [6.45, 7) is 0.102. The van der Waals surface area contributed by atoms with Gasteiger partial charge in [-0.2, -0.15) is 0 Å². The molecule has 1 heterocycles. The second kappa shape index (κ2) is 7.59. The molecule has 4 nitrogen and oxygen atoms in total. The first-order chi connectivity index (χ1) is 12.0. The number of carbonyl (C=O) groups excluding carboxylic acids is 1. The average molecular weight is 380 g/mol. The van der Waals surface area contributed by atoms with Crippen LogP contribution >= 0.6 is 23.2 Å². The minimum Gasteiger partial charge on any atom is -0.484 e. The van der Waals surface area contributed by atoms with Gasteiger partial charge < -0.3 is 14.5 Å². The van der Waals surface area contributed by atoms with Gasteiger partial charge >= 0.3 is 0 Å². The molecular formula is C18H12Cl2FNO3. The SMILES string of the molecule is O=C(Nc1ccc(F)cc1)c1ccc(COc2ccc(Cl)cc2Cl)o1. The zero-order valence-electron chi connectivity index (χ0n) is 12.8. The first-order valence-corrected chi connectivity index (χ1v) is 8.00. The zero-order chi connectivity index (χ0) is 17.8. The van der Waals surface area contributed by atoms with Crippen molar-refractivity contribution in [1.82, 2.24) is 0 Å². The second-order valence-electron chi connectivity index (χ2n) is 5.09. The van der Waals surface area contributed by atoms with Gasteiger partial charge in [-0.15, -0.1) is 0 Å². The lowest BCUT2D eigenvalue weighted by Crippen LogP contribution is -2.10.